The van der Waals surface area contributed by atoms with Gasteiger partial charge in [0.05, 0.1) is 12.2 Å². The molecule has 0 aromatic carbocycles. The molecule has 1 N–H and O–H groups in total. The van der Waals surface area contributed by atoms with Crippen molar-refractivity contribution in [2.24, 2.45) is 0 Å². The molecule has 0 amide bonds. The first-order valence-electron chi connectivity index (χ1n) is 4.67. The summed E-state index contributed by atoms with van der Waals surface area (Å²) in [7, 11) is 0. The Labute approximate surface area is 83.2 Å². The molecule has 1 aliphatic heterocycles. The van der Waals surface area contributed by atoms with Crippen molar-refractivity contribution >= 4 is 15.9 Å². The predicted octanol–water partition coefficient (Wildman–Crippen LogP) is 1.93. The van der Waals surface area contributed by atoms with Gasteiger partial charge in [0.15, 0.2) is 0 Å². The lowest BCUT2D eigenvalue weighted by molar-refractivity contribution is 0.0550. The highest BCUT2D eigenvalue weighted by Gasteiger charge is 2.21. The van der Waals surface area contributed by atoms with E-state index in [-0.39, 0.29) is 0 Å². The average Bonchev–Trinajstić information content (AvgIpc) is 2.47. The molecule has 3 unspecified atom stereocenters. The van der Waals surface area contributed by atoms with Crippen LogP contribution in [-0.2, 0) is 4.74 Å². The van der Waals surface area contributed by atoms with Crippen molar-refractivity contribution in [1.29, 1.82) is 0 Å². The van der Waals surface area contributed by atoms with Crippen molar-refractivity contribution in [2.45, 2.75) is 44.9 Å². The minimum atomic E-state index is 0.446. The fourth-order valence-corrected chi connectivity index (χ4v) is 1.65. The standard InChI is InChI=1S/C9H18BrNO/c1-7(5-10)11-6-9-4-3-8(2)12-9/h7-9,11H,3-6H2,1-2H3. The average molecular weight is 236 g/mol. The van der Waals surface area contributed by atoms with E-state index in [0.29, 0.717) is 18.2 Å². The maximum Gasteiger partial charge on any atom is 0.0704 e. The van der Waals surface area contributed by atoms with Crippen LogP contribution < -0.4 is 5.32 Å². The molecule has 1 heterocycles. The number of hydrogen-bond donors (Lipinski definition) is 1. The zero-order valence-corrected chi connectivity index (χ0v) is 9.43. The van der Waals surface area contributed by atoms with Gasteiger partial charge in [-0.2, -0.15) is 0 Å². The molecular weight excluding hydrogens is 218 g/mol. The van der Waals surface area contributed by atoms with Crippen LogP contribution in [0.1, 0.15) is 26.7 Å². The Morgan fingerprint density at radius 3 is 2.83 bits per heavy atom. The quantitative estimate of drug-likeness (QED) is 0.753. The first-order valence-corrected chi connectivity index (χ1v) is 5.79. The normalized spacial score (nSPS) is 32.2. The molecule has 0 aromatic rings. The summed E-state index contributed by atoms with van der Waals surface area (Å²) in [6.07, 6.45) is 3.34. The second-order valence-corrected chi connectivity index (χ2v) is 4.26. The molecule has 0 aromatic heterocycles. The van der Waals surface area contributed by atoms with Crippen LogP contribution in [0.15, 0.2) is 0 Å². The van der Waals surface area contributed by atoms with E-state index in [4.69, 9.17) is 4.74 Å². The van der Waals surface area contributed by atoms with Gasteiger partial charge in [-0.1, -0.05) is 15.9 Å². The fraction of sp³-hybridized carbons (Fsp3) is 1.00. The molecule has 72 valence electrons. The minimum Gasteiger partial charge on any atom is -0.374 e. The SMILES string of the molecule is CC(CBr)NCC1CCC(C)O1. The van der Waals surface area contributed by atoms with E-state index in [1.54, 1.807) is 0 Å². The highest BCUT2D eigenvalue weighted by atomic mass is 79.9. The Balaban J connectivity index is 2.07. The molecule has 1 rings (SSSR count). The van der Waals surface area contributed by atoms with E-state index in [0.717, 1.165) is 11.9 Å². The molecule has 0 spiro atoms. The van der Waals surface area contributed by atoms with Gasteiger partial charge in [-0.05, 0) is 26.7 Å². The third-order valence-corrected chi connectivity index (χ3v) is 3.22. The van der Waals surface area contributed by atoms with Crippen LogP contribution in [0.5, 0.6) is 0 Å². The molecule has 2 nitrogen and oxygen atoms in total. The first kappa shape index (κ1) is 10.5. The Kier molecular flexibility index (Phi) is 4.54. The van der Waals surface area contributed by atoms with Crippen LogP contribution in [0, 0.1) is 0 Å². The van der Waals surface area contributed by atoms with Crippen molar-refractivity contribution in [3.63, 3.8) is 0 Å². The van der Waals surface area contributed by atoms with Crippen molar-refractivity contribution in [3.8, 4) is 0 Å². The lowest BCUT2D eigenvalue weighted by atomic mass is 10.2. The maximum atomic E-state index is 5.68. The molecule has 3 heteroatoms. The summed E-state index contributed by atoms with van der Waals surface area (Å²) < 4.78 is 5.68. The van der Waals surface area contributed by atoms with Crippen molar-refractivity contribution in [2.75, 3.05) is 11.9 Å². The van der Waals surface area contributed by atoms with Gasteiger partial charge in [0.25, 0.3) is 0 Å². The molecule has 1 fully saturated rings. The van der Waals surface area contributed by atoms with Gasteiger partial charge in [-0.25, -0.2) is 0 Å². The zero-order chi connectivity index (χ0) is 8.97. The highest BCUT2D eigenvalue weighted by Crippen LogP contribution is 2.18. The smallest absolute Gasteiger partial charge is 0.0704 e. The lowest BCUT2D eigenvalue weighted by Crippen LogP contribution is -2.34. The third-order valence-electron chi connectivity index (χ3n) is 2.25. The molecular formula is C9H18BrNO. The molecule has 0 radical (unpaired) electrons. The number of hydrogen-bond acceptors (Lipinski definition) is 2. The van der Waals surface area contributed by atoms with Gasteiger partial charge in [-0.3, -0.25) is 0 Å². The van der Waals surface area contributed by atoms with Gasteiger partial charge < -0.3 is 10.1 Å². The summed E-state index contributed by atoms with van der Waals surface area (Å²) in [5, 5.41) is 4.43. The zero-order valence-electron chi connectivity index (χ0n) is 7.85. The summed E-state index contributed by atoms with van der Waals surface area (Å²) in [5.74, 6) is 0. The van der Waals surface area contributed by atoms with Crippen LogP contribution in [0.3, 0.4) is 0 Å². The van der Waals surface area contributed by atoms with E-state index in [9.17, 15) is 0 Å². The van der Waals surface area contributed by atoms with Crippen LogP contribution in [0.25, 0.3) is 0 Å². The lowest BCUT2D eigenvalue weighted by Gasteiger charge is -2.15. The second-order valence-electron chi connectivity index (χ2n) is 3.61. The number of rotatable bonds is 4. The molecule has 1 aliphatic rings. The van der Waals surface area contributed by atoms with E-state index < -0.39 is 0 Å². The van der Waals surface area contributed by atoms with Gasteiger partial charge in [0, 0.05) is 17.9 Å². The van der Waals surface area contributed by atoms with E-state index in [2.05, 4.69) is 35.1 Å². The Bertz CT molecular complexity index is 132. The third kappa shape index (κ3) is 3.42. The molecule has 3 atom stereocenters. The van der Waals surface area contributed by atoms with Gasteiger partial charge >= 0.3 is 0 Å². The molecule has 1 saturated heterocycles. The summed E-state index contributed by atoms with van der Waals surface area (Å²) in [6.45, 7) is 5.32. The van der Waals surface area contributed by atoms with Gasteiger partial charge in [0.2, 0.25) is 0 Å². The van der Waals surface area contributed by atoms with Crippen LogP contribution in [0.4, 0.5) is 0 Å². The number of ether oxygens (including phenoxy) is 1. The Hall–Kier alpha value is 0.400. The summed E-state index contributed by atoms with van der Waals surface area (Å²) in [6, 6.07) is 0.546. The minimum absolute atomic E-state index is 0.446. The number of alkyl halides is 1. The largest absolute Gasteiger partial charge is 0.374 e. The second kappa shape index (κ2) is 5.20. The monoisotopic (exact) mass is 235 g/mol. The number of halogens is 1. The van der Waals surface area contributed by atoms with Crippen molar-refractivity contribution < 1.29 is 4.74 Å². The van der Waals surface area contributed by atoms with Crippen molar-refractivity contribution in [3.05, 3.63) is 0 Å². The van der Waals surface area contributed by atoms with Crippen molar-refractivity contribution in [1.82, 2.24) is 5.32 Å². The molecule has 12 heavy (non-hydrogen) atoms. The Morgan fingerprint density at radius 1 is 1.58 bits per heavy atom. The first-order chi connectivity index (χ1) is 5.72. The highest BCUT2D eigenvalue weighted by molar-refractivity contribution is 9.09. The molecule has 0 aliphatic carbocycles. The summed E-state index contributed by atoms with van der Waals surface area (Å²) in [5.41, 5.74) is 0. The van der Waals surface area contributed by atoms with Gasteiger partial charge in [-0.15, -0.1) is 0 Å². The predicted molar refractivity (Wildman–Crippen MR) is 54.8 cm³/mol. The molecule has 0 bridgehead atoms. The topological polar surface area (TPSA) is 21.3 Å². The van der Waals surface area contributed by atoms with Crippen LogP contribution in [-0.4, -0.2) is 30.1 Å². The Morgan fingerprint density at radius 2 is 2.33 bits per heavy atom. The van der Waals surface area contributed by atoms with Crippen LogP contribution in [0.2, 0.25) is 0 Å². The van der Waals surface area contributed by atoms with E-state index >= 15 is 0 Å². The maximum absolute atomic E-state index is 5.68. The molecule has 0 saturated carbocycles. The van der Waals surface area contributed by atoms with E-state index in [1.807, 2.05) is 0 Å². The number of nitrogens with one attached hydrogen (secondary N) is 1. The summed E-state index contributed by atoms with van der Waals surface area (Å²) >= 11 is 3.43. The van der Waals surface area contributed by atoms with Crippen LogP contribution >= 0.6 is 15.9 Å². The summed E-state index contributed by atoms with van der Waals surface area (Å²) in [4.78, 5) is 0. The fourth-order valence-electron chi connectivity index (χ4n) is 1.42. The van der Waals surface area contributed by atoms with Gasteiger partial charge in [0.1, 0.15) is 0 Å². The van der Waals surface area contributed by atoms with E-state index in [1.165, 1.54) is 12.8 Å².